The number of rotatable bonds is 7. The first-order valence-corrected chi connectivity index (χ1v) is 8.09. The summed E-state index contributed by atoms with van der Waals surface area (Å²) in [5.41, 5.74) is 1.71. The molecule has 0 amide bonds. The van der Waals surface area contributed by atoms with Gasteiger partial charge in [-0.25, -0.2) is 4.39 Å². The molecule has 1 atom stereocenters. The highest BCUT2D eigenvalue weighted by atomic mass is 19.1. The molecule has 0 bridgehead atoms. The third-order valence-electron chi connectivity index (χ3n) is 3.87. The smallest absolute Gasteiger partial charge is 0.258 e. The Balaban J connectivity index is 1.58. The van der Waals surface area contributed by atoms with Crippen LogP contribution in [-0.2, 0) is 13.0 Å². The fraction of sp³-hybridized carbons (Fsp3) is 0.263. The van der Waals surface area contributed by atoms with Gasteiger partial charge in [-0.3, -0.25) is 0 Å². The zero-order valence-corrected chi connectivity index (χ0v) is 14.2. The number of nitrogens with zero attached hydrogens (tertiary/aromatic N) is 2. The van der Waals surface area contributed by atoms with Crippen molar-refractivity contribution < 1.29 is 13.7 Å². The zero-order valence-electron chi connectivity index (χ0n) is 14.2. The Morgan fingerprint density at radius 1 is 1.20 bits per heavy atom. The van der Waals surface area contributed by atoms with Crippen molar-refractivity contribution in [3.8, 4) is 17.2 Å². The number of halogens is 1. The van der Waals surface area contributed by atoms with E-state index in [1.807, 2.05) is 24.3 Å². The summed E-state index contributed by atoms with van der Waals surface area (Å²) < 4.78 is 23.8. The van der Waals surface area contributed by atoms with Crippen molar-refractivity contribution in [3.63, 3.8) is 0 Å². The number of methoxy groups -OCH3 is 1. The van der Waals surface area contributed by atoms with Crippen LogP contribution in [-0.4, -0.2) is 23.3 Å². The van der Waals surface area contributed by atoms with E-state index in [0.29, 0.717) is 23.8 Å². The van der Waals surface area contributed by atoms with E-state index < -0.39 is 0 Å². The normalized spacial score (nSPS) is 12.1. The lowest BCUT2D eigenvalue weighted by molar-refractivity contribution is 0.403. The summed E-state index contributed by atoms with van der Waals surface area (Å²) in [4.78, 5) is 4.30. The molecule has 6 heteroatoms. The molecule has 0 fully saturated rings. The SMILES string of the molecule is COc1ccccc1C[C@H](C)NCc1noc(-c2cccc(F)c2)n1. The number of hydrogen-bond donors (Lipinski definition) is 1. The van der Waals surface area contributed by atoms with Crippen LogP contribution in [0.2, 0.25) is 0 Å². The molecule has 0 spiro atoms. The Morgan fingerprint density at radius 3 is 2.84 bits per heavy atom. The van der Waals surface area contributed by atoms with Crippen LogP contribution in [0.3, 0.4) is 0 Å². The molecule has 0 unspecified atom stereocenters. The highest BCUT2D eigenvalue weighted by Gasteiger charge is 2.12. The van der Waals surface area contributed by atoms with Crippen LogP contribution in [0.5, 0.6) is 5.75 Å². The van der Waals surface area contributed by atoms with Crippen molar-refractivity contribution in [2.24, 2.45) is 0 Å². The fourth-order valence-electron chi connectivity index (χ4n) is 2.60. The largest absolute Gasteiger partial charge is 0.496 e. The van der Waals surface area contributed by atoms with Gasteiger partial charge in [-0.2, -0.15) is 4.98 Å². The molecule has 0 aliphatic heterocycles. The van der Waals surface area contributed by atoms with Gasteiger partial charge in [0.05, 0.1) is 13.7 Å². The maximum Gasteiger partial charge on any atom is 0.258 e. The summed E-state index contributed by atoms with van der Waals surface area (Å²) in [6.45, 7) is 2.55. The third kappa shape index (κ3) is 4.42. The summed E-state index contributed by atoms with van der Waals surface area (Å²) in [5.74, 6) is 1.39. The number of ether oxygens (including phenoxy) is 1. The molecule has 25 heavy (non-hydrogen) atoms. The third-order valence-corrected chi connectivity index (χ3v) is 3.87. The van der Waals surface area contributed by atoms with Gasteiger partial charge in [0.25, 0.3) is 5.89 Å². The molecule has 130 valence electrons. The van der Waals surface area contributed by atoms with Gasteiger partial charge in [-0.1, -0.05) is 29.4 Å². The van der Waals surface area contributed by atoms with Gasteiger partial charge < -0.3 is 14.6 Å². The lowest BCUT2D eigenvalue weighted by atomic mass is 10.1. The number of nitrogens with one attached hydrogen (secondary N) is 1. The summed E-state index contributed by atoms with van der Waals surface area (Å²) >= 11 is 0. The summed E-state index contributed by atoms with van der Waals surface area (Å²) in [6, 6.07) is 14.2. The zero-order chi connectivity index (χ0) is 17.6. The molecule has 3 rings (SSSR count). The predicted octanol–water partition coefficient (Wildman–Crippen LogP) is 3.61. The van der Waals surface area contributed by atoms with E-state index in [1.54, 1.807) is 19.2 Å². The molecule has 0 aliphatic carbocycles. The van der Waals surface area contributed by atoms with Gasteiger partial charge in [0, 0.05) is 11.6 Å². The van der Waals surface area contributed by atoms with Crippen LogP contribution in [0.25, 0.3) is 11.5 Å². The van der Waals surface area contributed by atoms with Gasteiger partial charge in [-0.05, 0) is 43.2 Å². The van der Waals surface area contributed by atoms with Gasteiger partial charge >= 0.3 is 0 Å². The van der Waals surface area contributed by atoms with Crippen LogP contribution < -0.4 is 10.1 Å². The summed E-state index contributed by atoms with van der Waals surface area (Å²) in [5, 5.41) is 7.30. The van der Waals surface area contributed by atoms with E-state index in [2.05, 4.69) is 22.4 Å². The Morgan fingerprint density at radius 2 is 2.04 bits per heavy atom. The van der Waals surface area contributed by atoms with Crippen LogP contribution in [0.4, 0.5) is 4.39 Å². The topological polar surface area (TPSA) is 60.2 Å². The van der Waals surface area contributed by atoms with E-state index in [1.165, 1.54) is 12.1 Å². The second-order valence-corrected chi connectivity index (χ2v) is 5.82. The first-order chi connectivity index (χ1) is 12.2. The van der Waals surface area contributed by atoms with Crippen LogP contribution in [0.1, 0.15) is 18.3 Å². The maximum absolute atomic E-state index is 13.3. The minimum Gasteiger partial charge on any atom is -0.496 e. The molecule has 2 aromatic carbocycles. The van der Waals surface area contributed by atoms with Gasteiger partial charge in [0.2, 0.25) is 0 Å². The van der Waals surface area contributed by atoms with Crippen molar-refractivity contribution in [1.29, 1.82) is 0 Å². The van der Waals surface area contributed by atoms with Gasteiger partial charge in [-0.15, -0.1) is 0 Å². The molecular weight excluding hydrogens is 321 g/mol. The van der Waals surface area contributed by atoms with Crippen molar-refractivity contribution >= 4 is 0 Å². The Hall–Kier alpha value is -2.73. The number of aromatic nitrogens is 2. The van der Waals surface area contributed by atoms with Crippen LogP contribution >= 0.6 is 0 Å². The van der Waals surface area contributed by atoms with Crippen molar-refractivity contribution in [2.45, 2.75) is 25.9 Å². The maximum atomic E-state index is 13.3. The average Bonchev–Trinajstić information content (AvgIpc) is 3.09. The van der Waals surface area contributed by atoms with Crippen molar-refractivity contribution in [1.82, 2.24) is 15.5 Å². The molecule has 0 saturated heterocycles. The van der Waals surface area contributed by atoms with Gasteiger partial charge in [0.15, 0.2) is 5.82 Å². The minimum absolute atomic E-state index is 0.201. The van der Waals surface area contributed by atoms with Gasteiger partial charge in [0.1, 0.15) is 11.6 Å². The summed E-state index contributed by atoms with van der Waals surface area (Å²) in [7, 11) is 1.67. The number of benzene rings is 2. The van der Waals surface area contributed by atoms with Crippen molar-refractivity contribution in [3.05, 3.63) is 65.7 Å². The fourth-order valence-corrected chi connectivity index (χ4v) is 2.60. The lowest BCUT2D eigenvalue weighted by Gasteiger charge is -2.14. The first kappa shape index (κ1) is 17.1. The molecule has 0 radical (unpaired) electrons. The molecule has 0 aliphatic rings. The predicted molar refractivity (Wildman–Crippen MR) is 92.7 cm³/mol. The highest BCUT2D eigenvalue weighted by molar-refractivity contribution is 5.52. The monoisotopic (exact) mass is 341 g/mol. The molecule has 1 N–H and O–H groups in total. The minimum atomic E-state index is -0.333. The van der Waals surface area contributed by atoms with Crippen LogP contribution in [0.15, 0.2) is 53.1 Å². The van der Waals surface area contributed by atoms with E-state index in [0.717, 1.165) is 17.7 Å². The van der Waals surface area contributed by atoms with Crippen LogP contribution in [0, 0.1) is 5.82 Å². The average molecular weight is 341 g/mol. The van der Waals surface area contributed by atoms with Crippen molar-refractivity contribution in [2.75, 3.05) is 7.11 Å². The molecule has 0 saturated carbocycles. The Kier molecular flexibility index (Phi) is 5.40. The molecule has 5 nitrogen and oxygen atoms in total. The quantitative estimate of drug-likeness (QED) is 0.711. The molecule has 1 heterocycles. The number of hydrogen-bond acceptors (Lipinski definition) is 5. The van der Waals surface area contributed by atoms with E-state index >= 15 is 0 Å². The molecule has 3 aromatic rings. The van der Waals surface area contributed by atoms with E-state index in [9.17, 15) is 4.39 Å². The van der Waals surface area contributed by atoms with E-state index in [-0.39, 0.29) is 11.9 Å². The molecular formula is C19H20FN3O2. The van der Waals surface area contributed by atoms with E-state index in [4.69, 9.17) is 9.26 Å². The first-order valence-electron chi connectivity index (χ1n) is 8.09. The second kappa shape index (κ2) is 7.90. The number of para-hydroxylation sites is 1. The standard InChI is InChI=1S/C19H20FN3O2/c1-13(10-14-6-3-4-9-17(14)24-2)21-12-18-22-19(25-23-18)15-7-5-8-16(20)11-15/h3-9,11,13,21H,10,12H2,1-2H3/t13-/m0/s1. The highest BCUT2D eigenvalue weighted by Crippen LogP contribution is 2.20. The summed E-state index contributed by atoms with van der Waals surface area (Å²) in [6.07, 6.45) is 0.818. The molecule has 1 aromatic heterocycles. The lowest BCUT2D eigenvalue weighted by Crippen LogP contribution is -2.28. The second-order valence-electron chi connectivity index (χ2n) is 5.82. The Labute approximate surface area is 145 Å². The Bertz CT molecular complexity index is 835.